The highest BCUT2D eigenvalue weighted by atomic mass is 79.9. The SMILES string of the molecule is CN(C)c1ccc(Br)cc1NCc1ccc(Br)o1. The van der Waals surface area contributed by atoms with E-state index in [0.717, 1.165) is 26.3 Å². The predicted molar refractivity (Wildman–Crippen MR) is 82.2 cm³/mol. The molecular weight excluding hydrogens is 360 g/mol. The van der Waals surface area contributed by atoms with E-state index in [0.29, 0.717) is 6.54 Å². The van der Waals surface area contributed by atoms with Gasteiger partial charge in [-0.1, -0.05) is 15.9 Å². The zero-order valence-corrected chi connectivity index (χ0v) is 13.4. The first-order valence-electron chi connectivity index (χ1n) is 5.51. The number of benzene rings is 1. The molecule has 0 spiro atoms. The maximum atomic E-state index is 5.46. The normalized spacial score (nSPS) is 10.4. The van der Waals surface area contributed by atoms with Crippen molar-refractivity contribution in [3.8, 4) is 0 Å². The number of anilines is 2. The van der Waals surface area contributed by atoms with Crippen LogP contribution in [0.4, 0.5) is 11.4 Å². The van der Waals surface area contributed by atoms with Gasteiger partial charge < -0.3 is 14.6 Å². The number of hydrogen-bond acceptors (Lipinski definition) is 3. The molecule has 0 aliphatic carbocycles. The van der Waals surface area contributed by atoms with Gasteiger partial charge in [0.25, 0.3) is 0 Å². The van der Waals surface area contributed by atoms with Crippen molar-refractivity contribution in [2.24, 2.45) is 0 Å². The van der Waals surface area contributed by atoms with Crippen LogP contribution in [0.3, 0.4) is 0 Å². The van der Waals surface area contributed by atoms with Crippen LogP contribution in [0.2, 0.25) is 0 Å². The standard InChI is InChI=1S/C13H14Br2N2O/c1-17(2)12-5-3-9(14)7-11(12)16-8-10-4-6-13(15)18-10/h3-7,16H,8H2,1-2H3. The van der Waals surface area contributed by atoms with Crippen LogP contribution >= 0.6 is 31.9 Å². The molecule has 0 aliphatic heterocycles. The summed E-state index contributed by atoms with van der Waals surface area (Å²) in [4.78, 5) is 2.08. The Balaban J connectivity index is 2.15. The molecule has 2 rings (SSSR count). The first kappa shape index (κ1) is 13.5. The summed E-state index contributed by atoms with van der Waals surface area (Å²) in [6, 6.07) is 10.0. The number of nitrogens with zero attached hydrogens (tertiary/aromatic N) is 1. The zero-order valence-electron chi connectivity index (χ0n) is 10.2. The molecule has 18 heavy (non-hydrogen) atoms. The molecule has 96 valence electrons. The van der Waals surface area contributed by atoms with E-state index in [1.807, 2.05) is 32.3 Å². The first-order valence-corrected chi connectivity index (χ1v) is 7.10. The zero-order chi connectivity index (χ0) is 13.1. The Hall–Kier alpha value is -0.940. The molecule has 1 heterocycles. The highest BCUT2D eigenvalue weighted by Crippen LogP contribution is 2.28. The van der Waals surface area contributed by atoms with Gasteiger partial charge in [0.1, 0.15) is 5.76 Å². The topological polar surface area (TPSA) is 28.4 Å². The van der Waals surface area contributed by atoms with Gasteiger partial charge in [-0.25, -0.2) is 0 Å². The molecule has 0 atom stereocenters. The molecule has 0 saturated carbocycles. The van der Waals surface area contributed by atoms with Gasteiger partial charge in [-0.15, -0.1) is 0 Å². The van der Waals surface area contributed by atoms with E-state index in [1.165, 1.54) is 0 Å². The van der Waals surface area contributed by atoms with E-state index in [2.05, 4.69) is 54.2 Å². The summed E-state index contributed by atoms with van der Waals surface area (Å²) in [7, 11) is 4.05. The van der Waals surface area contributed by atoms with Gasteiger partial charge >= 0.3 is 0 Å². The van der Waals surface area contributed by atoms with Crippen molar-refractivity contribution >= 4 is 43.2 Å². The van der Waals surface area contributed by atoms with Crippen LogP contribution in [0.25, 0.3) is 0 Å². The van der Waals surface area contributed by atoms with Gasteiger partial charge in [-0.2, -0.15) is 0 Å². The summed E-state index contributed by atoms with van der Waals surface area (Å²) in [6.07, 6.45) is 0. The minimum absolute atomic E-state index is 0.656. The van der Waals surface area contributed by atoms with Gasteiger partial charge in [-0.3, -0.25) is 0 Å². The van der Waals surface area contributed by atoms with E-state index < -0.39 is 0 Å². The Bertz CT molecular complexity index is 538. The van der Waals surface area contributed by atoms with E-state index in [9.17, 15) is 0 Å². The number of hydrogen-bond donors (Lipinski definition) is 1. The highest BCUT2D eigenvalue weighted by molar-refractivity contribution is 9.10. The summed E-state index contributed by atoms with van der Waals surface area (Å²) in [5, 5.41) is 3.38. The molecule has 1 aromatic carbocycles. The minimum atomic E-state index is 0.656. The number of furan rings is 1. The summed E-state index contributed by atoms with van der Waals surface area (Å²) in [5.41, 5.74) is 2.21. The van der Waals surface area contributed by atoms with Crippen LogP contribution in [0, 0.1) is 0 Å². The van der Waals surface area contributed by atoms with Crippen LogP contribution < -0.4 is 10.2 Å². The molecule has 0 aliphatic rings. The van der Waals surface area contributed by atoms with Gasteiger partial charge in [0.2, 0.25) is 0 Å². The van der Waals surface area contributed by atoms with Crippen molar-refractivity contribution in [2.75, 3.05) is 24.3 Å². The number of rotatable bonds is 4. The lowest BCUT2D eigenvalue weighted by atomic mass is 10.2. The van der Waals surface area contributed by atoms with Gasteiger partial charge in [0, 0.05) is 18.6 Å². The smallest absolute Gasteiger partial charge is 0.169 e. The van der Waals surface area contributed by atoms with Crippen LogP contribution in [0.15, 0.2) is 43.9 Å². The lowest BCUT2D eigenvalue weighted by molar-refractivity contribution is 0.495. The van der Waals surface area contributed by atoms with Crippen LogP contribution in [-0.4, -0.2) is 14.1 Å². The highest BCUT2D eigenvalue weighted by Gasteiger charge is 2.06. The minimum Gasteiger partial charge on any atom is -0.452 e. The largest absolute Gasteiger partial charge is 0.452 e. The molecule has 1 N–H and O–H groups in total. The summed E-state index contributed by atoms with van der Waals surface area (Å²) < 4.78 is 7.27. The van der Waals surface area contributed by atoms with E-state index in [4.69, 9.17) is 4.42 Å². The first-order chi connectivity index (χ1) is 8.56. The van der Waals surface area contributed by atoms with Crippen molar-refractivity contribution in [3.05, 3.63) is 45.2 Å². The Labute approximate surface area is 123 Å². The fourth-order valence-corrected chi connectivity index (χ4v) is 2.37. The molecule has 5 heteroatoms. The predicted octanol–water partition coefficient (Wildman–Crippen LogP) is 4.48. The molecule has 0 amide bonds. The van der Waals surface area contributed by atoms with Crippen molar-refractivity contribution in [1.82, 2.24) is 0 Å². The molecule has 1 aromatic heterocycles. The van der Waals surface area contributed by atoms with Gasteiger partial charge in [0.15, 0.2) is 4.67 Å². The fourth-order valence-electron chi connectivity index (χ4n) is 1.67. The second kappa shape index (κ2) is 5.80. The van der Waals surface area contributed by atoms with E-state index in [-0.39, 0.29) is 0 Å². The average Bonchev–Trinajstić information content (AvgIpc) is 2.72. The quantitative estimate of drug-likeness (QED) is 0.856. The van der Waals surface area contributed by atoms with Gasteiger partial charge in [-0.05, 0) is 46.3 Å². The Morgan fingerprint density at radius 2 is 1.94 bits per heavy atom. The summed E-state index contributed by atoms with van der Waals surface area (Å²) >= 11 is 6.78. The maximum Gasteiger partial charge on any atom is 0.169 e. The van der Waals surface area contributed by atoms with Crippen molar-refractivity contribution in [1.29, 1.82) is 0 Å². The molecule has 3 nitrogen and oxygen atoms in total. The molecule has 0 fully saturated rings. The van der Waals surface area contributed by atoms with Crippen LogP contribution in [0.1, 0.15) is 5.76 Å². The molecule has 0 radical (unpaired) electrons. The van der Waals surface area contributed by atoms with Crippen molar-refractivity contribution in [2.45, 2.75) is 6.54 Å². The van der Waals surface area contributed by atoms with Gasteiger partial charge in [0.05, 0.1) is 17.9 Å². The van der Waals surface area contributed by atoms with Crippen LogP contribution in [0.5, 0.6) is 0 Å². The van der Waals surface area contributed by atoms with Crippen molar-refractivity contribution in [3.63, 3.8) is 0 Å². The Morgan fingerprint density at radius 3 is 2.56 bits per heavy atom. The second-order valence-corrected chi connectivity index (χ2v) is 5.81. The number of halogens is 2. The average molecular weight is 374 g/mol. The number of nitrogens with one attached hydrogen (secondary N) is 1. The third-order valence-electron chi connectivity index (χ3n) is 2.52. The summed E-state index contributed by atoms with van der Waals surface area (Å²) in [5.74, 6) is 0.895. The Morgan fingerprint density at radius 1 is 1.17 bits per heavy atom. The third-order valence-corrected chi connectivity index (χ3v) is 3.44. The Kier molecular flexibility index (Phi) is 4.35. The fraction of sp³-hybridized carbons (Fsp3) is 0.231. The third kappa shape index (κ3) is 3.29. The lowest BCUT2D eigenvalue weighted by Crippen LogP contribution is -2.12. The molecule has 0 unspecified atom stereocenters. The maximum absolute atomic E-state index is 5.46. The lowest BCUT2D eigenvalue weighted by Gasteiger charge is -2.18. The second-order valence-electron chi connectivity index (χ2n) is 4.12. The monoisotopic (exact) mass is 372 g/mol. The summed E-state index contributed by atoms with van der Waals surface area (Å²) in [6.45, 7) is 0.656. The molecular formula is C13H14Br2N2O. The molecule has 0 saturated heterocycles. The van der Waals surface area contributed by atoms with E-state index in [1.54, 1.807) is 0 Å². The van der Waals surface area contributed by atoms with Crippen LogP contribution in [-0.2, 0) is 6.54 Å². The van der Waals surface area contributed by atoms with E-state index >= 15 is 0 Å². The molecule has 2 aromatic rings. The van der Waals surface area contributed by atoms with Crippen molar-refractivity contribution < 1.29 is 4.42 Å². The molecule has 0 bridgehead atoms.